The van der Waals surface area contributed by atoms with Crippen molar-refractivity contribution in [2.75, 3.05) is 20.1 Å². The van der Waals surface area contributed by atoms with Crippen LogP contribution in [0.1, 0.15) is 27.2 Å². The molecule has 0 bridgehead atoms. The molecule has 1 nitrogen and oxygen atoms in total. The summed E-state index contributed by atoms with van der Waals surface area (Å²) in [5.74, 6) is 0. The normalized spacial score (nSPS) is 12.6. The maximum absolute atomic E-state index is 2.88. The summed E-state index contributed by atoms with van der Waals surface area (Å²) in [6.07, 6.45) is 1.25. The second-order valence-corrected chi connectivity index (χ2v) is 5.20. The maximum atomic E-state index is 2.88. The number of rotatable bonds is 4. The summed E-state index contributed by atoms with van der Waals surface area (Å²) in [5, 5.41) is 0.406. The van der Waals surface area contributed by atoms with E-state index >= 15 is 0 Å². The Kier molecular flexibility index (Phi) is 4.47. The van der Waals surface area contributed by atoms with Crippen molar-refractivity contribution in [2.45, 2.75) is 32.3 Å². The van der Waals surface area contributed by atoms with Crippen molar-refractivity contribution < 1.29 is 0 Å². The van der Waals surface area contributed by atoms with Gasteiger partial charge in [-0.05, 0) is 31.7 Å². The molecule has 0 rings (SSSR count). The molecule has 62 valence electrons. The monoisotopic (exact) mass is 161 g/mol. The molecule has 0 amide bonds. The van der Waals surface area contributed by atoms with Crippen LogP contribution in [0.5, 0.6) is 0 Å². The maximum Gasteiger partial charge on any atom is -0.00136 e. The highest BCUT2D eigenvalue weighted by atomic mass is 31.0. The number of hydrogen-bond acceptors (Lipinski definition) is 1. The van der Waals surface area contributed by atoms with Crippen LogP contribution in [0.4, 0.5) is 0 Å². The predicted molar refractivity (Wildman–Crippen MR) is 51.6 cm³/mol. The molecule has 0 aliphatic rings. The van der Waals surface area contributed by atoms with Crippen molar-refractivity contribution in [1.82, 2.24) is 4.90 Å². The molecule has 0 radical (unpaired) electrons. The fourth-order valence-electron chi connectivity index (χ4n) is 0.637. The smallest absolute Gasteiger partial charge is 0.00136 e. The van der Waals surface area contributed by atoms with E-state index in [0.29, 0.717) is 5.16 Å². The molecule has 0 aliphatic carbocycles. The zero-order chi connectivity index (χ0) is 8.20. The fraction of sp³-hybridized carbons (Fsp3) is 1.00. The highest BCUT2D eigenvalue weighted by Gasteiger charge is 2.10. The second-order valence-electron chi connectivity index (χ2n) is 3.63. The highest BCUT2D eigenvalue weighted by Crippen LogP contribution is 2.20. The van der Waals surface area contributed by atoms with E-state index in [1.165, 1.54) is 13.0 Å². The van der Waals surface area contributed by atoms with E-state index in [1.807, 2.05) is 0 Å². The molecule has 0 aromatic rings. The van der Waals surface area contributed by atoms with Crippen LogP contribution in [0.15, 0.2) is 0 Å². The van der Waals surface area contributed by atoms with Crippen molar-refractivity contribution in [2.24, 2.45) is 0 Å². The van der Waals surface area contributed by atoms with Gasteiger partial charge in [-0.15, -0.1) is 9.24 Å². The average molecular weight is 161 g/mol. The quantitative estimate of drug-likeness (QED) is 0.570. The van der Waals surface area contributed by atoms with Crippen molar-refractivity contribution >= 4 is 9.24 Å². The molecule has 0 saturated heterocycles. The van der Waals surface area contributed by atoms with Gasteiger partial charge >= 0.3 is 0 Å². The van der Waals surface area contributed by atoms with E-state index in [9.17, 15) is 0 Å². The molecule has 0 heterocycles. The first-order valence-corrected chi connectivity index (χ1v) is 4.51. The first-order valence-electron chi connectivity index (χ1n) is 3.93. The summed E-state index contributed by atoms with van der Waals surface area (Å²) in [6.45, 7) is 9.05. The Hall–Kier alpha value is 0.390. The second kappa shape index (κ2) is 4.31. The van der Waals surface area contributed by atoms with Crippen LogP contribution in [0.3, 0.4) is 0 Å². The zero-order valence-corrected chi connectivity index (χ0v) is 8.80. The largest absolute Gasteiger partial charge is 0.307 e. The lowest BCUT2D eigenvalue weighted by atomic mass is 10.1. The molecular weight excluding hydrogens is 141 g/mol. The molecule has 0 aliphatic heterocycles. The van der Waals surface area contributed by atoms with E-state index in [-0.39, 0.29) is 0 Å². The minimum Gasteiger partial charge on any atom is -0.307 e. The third-order valence-electron chi connectivity index (χ3n) is 1.68. The molecule has 0 spiro atoms. The Bertz CT molecular complexity index is 85.7. The molecule has 0 aromatic heterocycles. The van der Waals surface area contributed by atoms with E-state index in [0.717, 1.165) is 6.54 Å². The fourth-order valence-corrected chi connectivity index (χ4v) is 0.766. The molecule has 0 N–H and O–H groups in total. The lowest BCUT2D eigenvalue weighted by Crippen LogP contribution is -2.24. The van der Waals surface area contributed by atoms with Crippen LogP contribution in [0.2, 0.25) is 0 Å². The van der Waals surface area contributed by atoms with Gasteiger partial charge in [0.2, 0.25) is 0 Å². The van der Waals surface area contributed by atoms with Crippen molar-refractivity contribution in [3.63, 3.8) is 0 Å². The summed E-state index contributed by atoms with van der Waals surface area (Å²) in [4.78, 5) is 2.34. The molecular formula is C8H20NP. The Balaban J connectivity index is 3.36. The van der Waals surface area contributed by atoms with E-state index in [2.05, 4.69) is 42.0 Å². The Morgan fingerprint density at radius 3 is 2.20 bits per heavy atom. The van der Waals surface area contributed by atoms with Crippen LogP contribution < -0.4 is 0 Å². The van der Waals surface area contributed by atoms with E-state index in [4.69, 9.17) is 0 Å². The van der Waals surface area contributed by atoms with Crippen molar-refractivity contribution in [3.8, 4) is 0 Å². The van der Waals surface area contributed by atoms with Crippen molar-refractivity contribution in [3.05, 3.63) is 0 Å². The zero-order valence-electron chi connectivity index (χ0n) is 7.65. The van der Waals surface area contributed by atoms with Gasteiger partial charge in [0.05, 0.1) is 0 Å². The molecule has 0 aromatic carbocycles. The molecule has 10 heavy (non-hydrogen) atoms. The van der Waals surface area contributed by atoms with Gasteiger partial charge in [-0.1, -0.05) is 20.8 Å². The van der Waals surface area contributed by atoms with Gasteiger partial charge in [-0.25, -0.2) is 0 Å². The standard InChI is InChI=1S/C8H20NP/c1-5-9(4)7-6-8(2,3)10/h5-7,10H2,1-4H3. The molecule has 0 fully saturated rings. The van der Waals surface area contributed by atoms with Crippen LogP contribution >= 0.6 is 9.24 Å². The highest BCUT2D eigenvalue weighted by molar-refractivity contribution is 7.18. The van der Waals surface area contributed by atoms with Crippen LogP contribution in [0.25, 0.3) is 0 Å². The van der Waals surface area contributed by atoms with Gasteiger partial charge in [0.15, 0.2) is 0 Å². The summed E-state index contributed by atoms with van der Waals surface area (Å²) in [5.41, 5.74) is 0. The average Bonchev–Trinajstić information content (AvgIpc) is 1.81. The van der Waals surface area contributed by atoms with Gasteiger partial charge in [0.1, 0.15) is 0 Å². The molecule has 1 unspecified atom stereocenters. The first kappa shape index (κ1) is 10.4. The van der Waals surface area contributed by atoms with E-state index in [1.54, 1.807) is 0 Å². The molecule has 2 heteroatoms. The van der Waals surface area contributed by atoms with Gasteiger partial charge in [-0.3, -0.25) is 0 Å². The predicted octanol–water partition coefficient (Wildman–Crippen LogP) is 1.98. The number of hydrogen-bond donors (Lipinski definition) is 0. The lowest BCUT2D eigenvalue weighted by molar-refractivity contribution is 0.333. The minimum atomic E-state index is 0.406. The van der Waals surface area contributed by atoms with Crippen LogP contribution in [-0.4, -0.2) is 30.2 Å². The summed E-state index contributed by atoms with van der Waals surface area (Å²) in [6, 6.07) is 0. The molecule has 1 atom stereocenters. The first-order chi connectivity index (χ1) is 4.45. The SMILES string of the molecule is CCN(C)CCC(C)(C)P. The Labute approximate surface area is 67.4 Å². The van der Waals surface area contributed by atoms with Gasteiger partial charge in [0.25, 0.3) is 0 Å². The minimum absolute atomic E-state index is 0.406. The third kappa shape index (κ3) is 6.51. The topological polar surface area (TPSA) is 3.24 Å². The van der Waals surface area contributed by atoms with Crippen LogP contribution in [-0.2, 0) is 0 Å². The van der Waals surface area contributed by atoms with Crippen LogP contribution in [0, 0.1) is 0 Å². The van der Waals surface area contributed by atoms with Gasteiger partial charge in [-0.2, -0.15) is 0 Å². The third-order valence-corrected chi connectivity index (χ3v) is 1.97. The number of nitrogens with zero attached hydrogens (tertiary/aromatic N) is 1. The summed E-state index contributed by atoms with van der Waals surface area (Å²) in [7, 11) is 5.04. The molecule has 0 saturated carbocycles. The lowest BCUT2D eigenvalue weighted by Gasteiger charge is -2.22. The van der Waals surface area contributed by atoms with Gasteiger partial charge < -0.3 is 4.90 Å². The summed E-state index contributed by atoms with van der Waals surface area (Å²) < 4.78 is 0. The Morgan fingerprint density at radius 1 is 1.40 bits per heavy atom. The van der Waals surface area contributed by atoms with E-state index < -0.39 is 0 Å². The van der Waals surface area contributed by atoms with Gasteiger partial charge in [0, 0.05) is 0 Å². The van der Waals surface area contributed by atoms with Crippen molar-refractivity contribution in [1.29, 1.82) is 0 Å². The summed E-state index contributed by atoms with van der Waals surface area (Å²) >= 11 is 0. The Morgan fingerprint density at radius 2 is 1.90 bits per heavy atom.